The Labute approximate surface area is 275 Å². The molecule has 0 spiro atoms. The first kappa shape index (κ1) is 33.4. The number of hydrogen-bond acceptors (Lipinski definition) is 4. The van der Waals surface area contributed by atoms with Crippen LogP contribution in [0.4, 0.5) is 5.69 Å². The van der Waals surface area contributed by atoms with Crippen LogP contribution in [0.5, 0.6) is 0 Å². The van der Waals surface area contributed by atoms with Crippen molar-refractivity contribution in [3.63, 3.8) is 0 Å². The zero-order valence-corrected chi connectivity index (χ0v) is 27.5. The number of hydrogen-bond donors (Lipinski definition) is 6. The summed E-state index contributed by atoms with van der Waals surface area (Å²) in [5.74, 6) is 2.99. The largest absolute Gasteiger partial charge is 0.370 e. The molecule has 0 aromatic heterocycles. The summed E-state index contributed by atoms with van der Waals surface area (Å²) in [5.41, 5.74) is 40.7. The summed E-state index contributed by atoms with van der Waals surface area (Å²) in [7, 11) is 0. The fraction of sp³-hybridized carbons (Fsp3) is 0.583. The highest BCUT2D eigenvalue weighted by atomic mass is 15.2. The first-order valence-electron chi connectivity index (χ1n) is 17.4. The van der Waals surface area contributed by atoms with Crippen LogP contribution in [0, 0.1) is 5.92 Å². The molecule has 46 heavy (non-hydrogen) atoms. The topological polar surface area (TPSA) is 196 Å². The molecule has 10 nitrogen and oxygen atoms in total. The molecule has 5 rings (SSSR count). The van der Waals surface area contributed by atoms with Gasteiger partial charge in [-0.25, -0.2) is 0 Å². The lowest BCUT2D eigenvalue weighted by atomic mass is 9.73. The van der Waals surface area contributed by atoms with Crippen molar-refractivity contribution in [3.05, 3.63) is 64.7 Å². The average Bonchev–Trinajstić information content (AvgIpc) is 3.35. The van der Waals surface area contributed by atoms with Gasteiger partial charge in [0.25, 0.3) is 0 Å². The van der Waals surface area contributed by atoms with Gasteiger partial charge in [0, 0.05) is 43.8 Å². The van der Waals surface area contributed by atoms with Gasteiger partial charge in [-0.3, -0.25) is 15.0 Å². The first-order chi connectivity index (χ1) is 22.3. The van der Waals surface area contributed by atoms with Gasteiger partial charge in [-0.1, -0.05) is 49.2 Å². The van der Waals surface area contributed by atoms with Gasteiger partial charge in [-0.15, -0.1) is 0 Å². The molecule has 12 N–H and O–H groups in total. The molecule has 2 aromatic carbocycles. The molecule has 5 unspecified atom stereocenters. The van der Waals surface area contributed by atoms with E-state index in [1.54, 1.807) is 0 Å². The number of aryl methyl sites for hydroxylation is 1. The highest BCUT2D eigenvalue weighted by molar-refractivity contribution is 5.76. The number of nitrogens with two attached hydrogens (primary N) is 6. The maximum atomic E-state index is 5.66. The van der Waals surface area contributed by atoms with Crippen molar-refractivity contribution in [3.8, 4) is 0 Å². The quantitative estimate of drug-likeness (QED) is 0.103. The molecule has 1 heterocycles. The van der Waals surface area contributed by atoms with E-state index in [0.717, 1.165) is 51.1 Å². The van der Waals surface area contributed by atoms with Crippen LogP contribution in [0.25, 0.3) is 0 Å². The smallest absolute Gasteiger partial charge is 0.185 e. The van der Waals surface area contributed by atoms with Crippen molar-refractivity contribution in [2.45, 2.75) is 101 Å². The van der Waals surface area contributed by atoms with E-state index in [9.17, 15) is 0 Å². The summed E-state index contributed by atoms with van der Waals surface area (Å²) in [6.07, 6.45) is 13.8. The number of anilines is 1. The van der Waals surface area contributed by atoms with Gasteiger partial charge in [0.2, 0.25) is 0 Å². The Balaban J connectivity index is 1.30. The molecule has 5 atom stereocenters. The molecule has 10 heteroatoms. The van der Waals surface area contributed by atoms with E-state index in [2.05, 4.69) is 62.3 Å². The fourth-order valence-corrected chi connectivity index (χ4v) is 8.39. The van der Waals surface area contributed by atoms with Crippen molar-refractivity contribution >= 4 is 23.6 Å². The van der Waals surface area contributed by atoms with E-state index < -0.39 is 0 Å². The minimum absolute atomic E-state index is 0.164. The van der Waals surface area contributed by atoms with Gasteiger partial charge in [-0.05, 0) is 110 Å². The first-order valence-corrected chi connectivity index (χ1v) is 17.4. The highest BCUT2D eigenvalue weighted by Crippen LogP contribution is 2.52. The van der Waals surface area contributed by atoms with Crippen molar-refractivity contribution in [1.29, 1.82) is 0 Å². The summed E-state index contributed by atoms with van der Waals surface area (Å²) >= 11 is 0. The molecule has 2 aromatic rings. The van der Waals surface area contributed by atoms with E-state index in [4.69, 9.17) is 34.4 Å². The van der Waals surface area contributed by atoms with Crippen LogP contribution < -0.4 is 39.3 Å². The molecule has 0 radical (unpaired) electrons. The predicted octanol–water partition coefficient (Wildman–Crippen LogP) is 4.12. The summed E-state index contributed by atoms with van der Waals surface area (Å²) in [6, 6.07) is 17.1. The molecule has 2 aliphatic carbocycles. The van der Waals surface area contributed by atoms with Gasteiger partial charge < -0.3 is 39.3 Å². The van der Waals surface area contributed by atoms with Crippen molar-refractivity contribution in [2.24, 2.45) is 55.3 Å². The minimum Gasteiger partial charge on any atom is -0.370 e. The zero-order chi connectivity index (χ0) is 32.5. The second-order valence-electron chi connectivity index (χ2n) is 13.7. The van der Waals surface area contributed by atoms with Crippen molar-refractivity contribution < 1.29 is 0 Å². The van der Waals surface area contributed by atoms with Gasteiger partial charge in [0.1, 0.15) is 0 Å². The van der Waals surface area contributed by atoms with Crippen LogP contribution in [-0.4, -0.2) is 50.1 Å². The van der Waals surface area contributed by atoms with E-state index in [1.165, 1.54) is 72.9 Å². The van der Waals surface area contributed by atoms with Gasteiger partial charge in [-0.2, -0.15) is 0 Å². The maximum Gasteiger partial charge on any atom is 0.185 e. The lowest BCUT2D eigenvalue weighted by Crippen LogP contribution is -2.39. The Hall–Kier alpha value is -3.95. The van der Waals surface area contributed by atoms with Crippen molar-refractivity contribution in [1.82, 2.24) is 0 Å². The number of nitrogens with zero attached hydrogens (tertiary/aromatic N) is 4. The SMILES string of the molecule is NC(N)=NCCCc1cccc(C2CCC3c4ccc(C5CCCC(CCCN=C(N)N)C5)cc4N(CCCN=C(N)N)C3C2)c1. The Morgan fingerprint density at radius 3 is 2.15 bits per heavy atom. The van der Waals surface area contributed by atoms with Gasteiger partial charge in [0.15, 0.2) is 17.9 Å². The van der Waals surface area contributed by atoms with E-state index in [-0.39, 0.29) is 17.9 Å². The van der Waals surface area contributed by atoms with Gasteiger partial charge in [0.05, 0.1) is 0 Å². The molecular formula is C36H56N10. The third kappa shape index (κ3) is 8.85. The third-order valence-electron chi connectivity index (χ3n) is 10.5. The van der Waals surface area contributed by atoms with Crippen LogP contribution in [0.2, 0.25) is 0 Å². The number of rotatable bonds is 14. The molecule has 0 amide bonds. The van der Waals surface area contributed by atoms with Crippen LogP contribution in [0.3, 0.4) is 0 Å². The van der Waals surface area contributed by atoms with Crippen LogP contribution in [-0.2, 0) is 6.42 Å². The lowest BCUT2D eigenvalue weighted by molar-refractivity contribution is 0.302. The molecule has 0 saturated heterocycles. The van der Waals surface area contributed by atoms with Gasteiger partial charge >= 0.3 is 0 Å². The summed E-state index contributed by atoms with van der Waals surface area (Å²) in [4.78, 5) is 15.4. The normalized spacial score (nSPS) is 23.7. The second-order valence-corrected chi connectivity index (χ2v) is 13.7. The molecule has 0 bridgehead atoms. The summed E-state index contributed by atoms with van der Waals surface area (Å²) in [6.45, 7) is 3.01. The molecular weight excluding hydrogens is 572 g/mol. The molecule has 1 aliphatic heterocycles. The number of fused-ring (bicyclic) bond motifs is 3. The Kier molecular flexibility index (Phi) is 11.7. The van der Waals surface area contributed by atoms with E-state index in [1.807, 2.05) is 0 Å². The lowest BCUT2D eigenvalue weighted by Gasteiger charge is -2.38. The monoisotopic (exact) mass is 628 g/mol. The standard InChI is InChI=1S/C36H56N10/c37-34(38)43-16-3-8-24-6-1-10-26(20-24)28-12-14-30-31-15-13-29(27-11-2-7-25(21-27)9-4-17-44-35(39)40)23-33(31)46(32(30)22-28)19-5-18-45-36(41)42/h1,6,10,13,15,20,23,25,27-28,30,32H,2-5,7-9,11-12,14,16-19,21-22H2,(H4,37,38,43)(H4,39,40,44)(H4,41,42,45). The van der Waals surface area contributed by atoms with E-state index >= 15 is 0 Å². The van der Waals surface area contributed by atoms with Crippen molar-refractivity contribution in [2.75, 3.05) is 31.1 Å². The second kappa shape index (κ2) is 16.1. The number of guanidine groups is 3. The average molecular weight is 629 g/mol. The number of aliphatic imine (C=N–C) groups is 3. The summed E-state index contributed by atoms with van der Waals surface area (Å²) in [5, 5.41) is 0. The van der Waals surface area contributed by atoms with Crippen LogP contribution >= 0.6 is 0 Å². The zero-order valence-electron chi connectivity index (χ0n) is 27.5. The summed E-state index contributed by atoms with van der Waals surface area (Å²) < 4.78 is 0. The highest BCUT2D eigenvalue weighted by Gasteiger charge is 2.42. The van der Waals surface area contributed by atoms with E-state index in [0.29, 0.717) is 36.9 Å². The fourth-order valence-electron chi connectivity index (χ4n) is 8.39. The molecule has 3 aliphatic rings. The third-order valence-corrected chi connectivity index (χ3v) is 10.5. The molecule has 2 saturated carbocycles. The molecule has 2 fully saturated rings. The maximum absolute atomic E-state index is 5.66. The minimum atomic E-state index is 0.164. The van der Waals surface area contributed by atoms with Crippen LogP contribution in [0.15, 0.2) is 57.4 Å². The Morgan fingerprint density at radius 1 is 0.696 bits per heavy atom. The van der Waals surface area contributed by atoms with Crippen LogP contribution in [0.1, 0.15) is 111 Å². The molecule has 250 valence electrons. The Bertz CT molecular complexity index is 1370. The number of benzene rings is 2. The Morgan fingerprint density at radius 2 is 1.39 bits per heavy atom. The predicted molar refractivity (Wildman–Crippen MR) is 192 cm³/mol.